The van der Waals surface area contributed by atoms with Crippen LogP contribution in [0.25, 0.3) is 0 Å². The number of amides is 2. The summed E-state index contributed by atoms with van der Waals surface area (Å²) in [6.07, 6.45) is 1.01. The van der Waals surface area contributed by atoms with Gasteiger partial charge in [0.1, 0.15) is 6.04 Å². The van der Waals surface area contributed by atoms with Crippen LogP contribution in [0.3, 0.4) is 0 Å². The van der Waals surface area contributed by atoms with E-state index in [0.717, 1.165) is 17.5 Å². The Morgan fingerprint density at radius 2 is 1.59 bits per heavy atom. The van der Waals surface area contributed by atoms with Crippen molar-refractivity contribution in [3.05, 3.63) is 71.8 Å². The number of carbonyl (C=O) groups is 2. The topological polar surface area (TPSA) is 58.6 Å². The second kappa shape index (κ2) is 11.1. The highest BCUT2D eigenvalue weighted by molar-refractivity contribution is 5.88. The minimum atomic E-state index is -0.552. The second-order valence-electron chi connectivity index (χ2n) is 6.48. The van der Waals surface area contributed by atoms with E-state index in [1.165, 1.54) is 0 Å². The van der Waals surface area contributed by atoms with Crippen LogP contribution in [0, 0.1) is 0 Å². The number of methoxy groups -OCH3 is 1. The van der Waals surface area contributed by atoms with E-state index in [1.807, 2.05) is 60.7 Å². The highest BCUT2D eigenvalue weighted by Crippen LogP contribution is 2.12. The number of hydrogen-bond acceptors (Lipinski definition) is 3. The van der Waals surface area contributed by atoms with Crippen LogP contribution in [0.2, 0.25) is 0 Å². The Kier molecular flexibility index (Phi) is 8.52. The first kappa shape index (κ1) is 20.6. The lowest BCUT2D eigenvalue weighted by Crippen LogP contribution is -2.48. The predicted molar refractivity (Wildman–Crippen MR) is 106 cm³/mol. The van der Waals surface area contributed by atoms with Gasteiger partial charge in [-0.25, -0.2) is 0 Å². The van der Waals surface area contributed by atoms with Crippen molar-refractivity contribution in [2.24, 2.45) is 0 Å². The summed E-state index contributed by atoms with van der Waals surface area (Å²) in [4.78, 5) is 27.2. The highest BCUT2D eigenvalue weighted by atomic mass is 16.5. The zero-order valence-electron chi connectivity index (χ0n) is 16.1. The zero-order valence-corrected chi connectivity index (χ0v) is 16.1. The molecule has 0 radical (unpaired) electrons. The van der Waals surface area contributed by atoms with Gasteiger partial charge in [-0.3, -0.25) is 9.59 Å². The first-order valence-corrected chi connectivity index (χ1v) is 9.25. The molecule has 2 aromatic rings. The Hall–Kier alpha value is -2.66. The fourth-order valence-electron chi connectivity index (χ4n) is 2.81. The largest absolute Gasteiger partial charge is 0.385 e. The average molecular weight is 368 g/mol. The van der Waals surface area contributed by atoms with E-state index in [0.29, 0.717) is 19.7 Å². The first-order valence-electron chi connectivity index (χ1n) is 9.25. The van der Waals surface area contributed by atoms with Crippen molar-refractivity contribution in [1.82, 2.24) is 10.2 Å². The maximum Gasteiger partial charge on any atom is 0.242 e. The predicted octanol–water partition coefficient (Wildman–Crippen LogP) is 2.80. The first-order chi connectivity index (χ1) is 13.1. The number of benzene rings is 2. The van der Waals surface area contributed by atoms with Crippen molar-refractivity contribution in [1.29, 1.82) is 0 Å². The summed E-state index contributed by atoms with van der Waals surface area (Å²) in [5.41, 5.74) is 1.94. The van der Waals surface area contributed by atoms with Gasteiger partial charge in [0.2, 0.25) is 11.8 Å². The van der Waals surface area contributed by atoms with E-state index in [1.54, 1.807) is 18.9 Å². The van der Waals surface area contributed by atoms with Crippen LogP contribution in [-0.2, 0) is 27.3 Å². The Balaban J connectivity index is 2.08. The van der Waals surface area contributed by atoms with Gasteiger partial charge in [0.05, 0.1) is 6.42 Å². The lowest BCUT2D eigenvalue weighted by atomic mass is 10.1. The lowest BCUT2D eigenvalue weighted by Gasteiger charge is -2.29. The summed E-state index contributed by atoms with van der Waals surface area (Å²) in [5.74, 6) is -0.215. The van der Waals surface area contributed by atoms with Crippen molar-refractivity contribution < 1.29 is 14.3 Å². The van der Waals surface area contributed by atoms with Crippen LogP contribution in [0.5, 0.6) is 0 Å². The number of carbonyl (C=O) groups excluding carboxylic acids is 2. The minimum absolute atomic E-state index is 0.0652. The Bertz CT molecular complexity index is 704. The molecule has 0 fully saturated rings. The smallest absolute Gasteiger partial charge is 0.242 e. The summed E-state index contributed by atoms with van der Waals surface area (Å²) >= 11 is 0. The van der Waals surface area contributed by atoms with Crippen molar-refractivity contribution >= 4 is 11.8 Å². The molecule has 0 saturated carbocycles. The summed E-state index contributed by atoms with van der Waals surface area (Å²) < 4.78 is 5.00. The Morgan fingerprint density at radius 1 is 1.00 bits per heavy atom. The second-order valence-corrected chi connectivity index (χ2v) is 6.48. The SMILES string of the molecule is COCCCNC(=O)[C@H](C)N(Cc1ccccc1)C(=O)Cc1ccccc1. The van der Waals surface area contributed by atoms with Gasteiger partial charge in [0, 0.05) is 26.8 Å². The molecule has 0 aliphatic rings. The summed E-state index contributed by atoms with van der Waals surface area (Å²) in [6, 6.07) is 18.8. The van der Waals surface area contributed by atoms with Crippen LogP contribution in [-0.4, -0.2) is 43.0 Å². The fraction of sp³-hybridized carbons (Fsp3) is 0.364. The van der Waals surface area contributed by atoms with E-state index in [2.05, 4.69) is 5.32 Å². The van der Waals surface area contributed by atoms with Crippen LogP contribution in [0.4, 0.5) is 0 Å². The van der Waals surface area contributed by atoms with Crippen LogP contribution < -0.4 is 5.32 Å². The summed E-state index contributed by atoms with van der Waals surface area (Å²) in [7, 11) is 1.63. The molecule has 0 aromatic heterocycles. The Labute approximate surface area is 161 Å². The normalized spacial score (nSPS) is 11.6. The van der Waals surface area contributed by atoms with Crippen LogP contribution in [0.1, 0.15) is 24.5 Å². The number of nitrogens with zero attached hydrogens (tertiary/aromatic N) is 1. The minimum Gasteiger partial charge on any atom is -0.385 e. The maximum absolute atomic E-state index is 13.0. The van der Waals surface area contributed by atoms with Crippen molar-refractivity contribution in [3.8, 4) is 0 Å². The molecule has 2 amide bonds. The molecular formula is C22H28N2O3. The van der Waals surface area contributed by atoms with E-state index in [9.17, 15) is 9.59 Å². The third kappa shape index (κ3) is 6.87. The molecule has 2 rings (SSSR count). The van der Waals surface area contributed by atoms with Gasteiger partial charge in [-0.2, -0.15) is 0 Å². The molecule has 0 aliphatic heterocycles. The number of nitrogens with one attached hydrogen (secondary N) is 1. The lowest BCUT2D eigenvalue weighted by molar-refractivity contribution is -0.140. The molecule has 0 spiro atoms. The van der Waals surface area contributed by atoms with Gasteiger partial charge < -0.3 is 15.0 Å². The molecule has 0 unspecified atom stereocenters. The van der Waals surface area contributed by atoms with Gasteiger partial charge in [-0.1, -0.05) is 60.7 Å². The molecule has 0 saturated heterocycles. The molecule has 1 atom stereocenters. The van der Waals surface area contributed by atoms with E-state index < -0.39 is 6.04 Å². The number of ether oxygens (including phenoxy) is 1. The third-order valence-electron chi connectivity index (χ3n) is 4.39. The average Bonchev–Trinajstić information content (AvgIpc) is 2.70. The highest BCUT2D eigenvalue weighted by Gasteiger charge is 2.25. The monoisotopic (exact) mass is 368 g/mol. The van der Waals surface area contributed by atoms with E-state index in [4.69, 9.17) is 4.74 Å². The van der Waals surface area contributed by atoms with Crippen molar-refractivity contribution in [2.45, 2.75) is 32.4 Å². The quantitative estimate of drug-likeness (QED) is 0.656. The molecule has 27 heavy (non-hydrogen) atoms. The third-order valence-corrected chi connectivity index (χ3v) is 4.39. The molecule has 0 aliphatic carbocycles. The summed E-state index contributed by atoms with van der Waals surface area (Å²) in [5, 5.41) is 2.89. The molecule has 144 valence electrons. The molecule has 5 heteroatoms. The van der Waals surface area contributed by atoms with Gasteiger partial charge in [-0.15, -0.1) is 0 Å². The standard InChI is InChI=1S/C22H28N2O3/c1-18(22(26)23-14-9-15-27-2)24(17-20-12-7-4-8-13-20)21(25)16-19-10-5-3-6-11-19/h3-8,10-13,18H,9,14-17H2,1-2H3,(H,23,26)/t18-/m0/s1. The van der Waals surface area contributed by atoms with E-state index in [-0.39, 0.29) is 18.2 Å². The molecule has 5 nitrogen and oxygen atoms in total. The maximum atomic E-state index is 13.0. The molecule has 1 N–H and O–H groups in total. The van der Waals surface area contributed by atoms with Crippen molar-refractivity contribution in [3.63, 3.8) is 0 Å². The van der Waals surface area contributed by atoms with Crippen molar-refractivity contribution in [2.75, 3.05) is 20.3 Å². The van der Waals surface area contributed by atoms with Gasteiger partial charge in [-0.05, 0) is 24.5 Å². The molecule has 0 bridgehead atoms. The van der Waals surface area contributed by atoms with Gasteiger partial charge in [0.15, 0.2) is 0 Å². The molecule has 2 aromatic carbocycles. The summed E-state index contributed by atoms with van der Waals surface area (Å²) in [6.45, 7) is 3.30. The van der Waals surface area contributed by atoms with Crippen LogP contribution >= 0.6 is 0 Å². The molecule has 0 heterocycles. The van der Waals surface area contributed by atoms with Crippen LogP contribution in [0.15, 0.2) is 60.7 Å². The van der Waals surface area contributed by atoms with Gasteiger partial charge in [0.25, 0.3) is 0 Å². The number of hydrogen-bond donors (Lipinski definition) is 1. The zero-order chi connectivity index (χ0) is 19.5. The number of rotatable bonds is 10. The Morgan fingerprint density at radius 3 is 2.19 bits per heavy atom. The van der Waals surface area contributed by atoms with E-state index >= 15 is 0 Å². The van der Waals surface area contributed by atoms with Gasteiger partial charge >= 0.3 is 0 Å². The fourth-order valence-corrected chi connectivity index (χ4v) is 2.81. The molecular weight excluding hydrogens is 340 g/mol.